The molecule has 0 bridgehead atoms. The molecular formula is C32H37N5O3S. The number of aromatic nitrogens is 4. The van der Waals surface area contributed by atoms with Gasteiger partial charge < -0.3 is 4.90 Å². The third-order valence-electron chi connectivity index (χ3n) is 7.76. The number of hydrogen-bond donors (Lipinski definition) is 1. The molecule has 0 spiro atoms. The molecule has 0 aliphatic heterocycles. The minimum absolute atomic E-state index is 0.0342. The molecule has 2 aromatic heterocycles. The molecule has 1 saturated carbocycles. The fourth-order valence-electron chi connectivity index (χ4n) is 5.30. The molecule has 8 nitrogen and oxygen atoms in total. The van der Waals surface area contributed by atoms with Gasteiger partial charge in [-0.15, -0.1) is 0 Å². The number of aromatic amines is 1. The van der Waals surface area contributed by atoms with E-state index in [4.69, 9.17) is 21.7 Å². The molecular weight excluding hydrogens is 534 g/mol. The maximum Gasteiger partial charge on any atom is 0.439 e. The predicted molar refractivity (Wildman–Crippen MR) is 165 cm³/mol. The molecule has 4 aromatic rings. The second-order valence-electron chi connectivity index (χ2n) is 10.6. The minimum Gasteiger partial charge on any atom is -0.366 e. The Kier molecular flexibility index (Phi) is 8.93. The number of likely N-dealkylation sites (N-methyl/N-ethyl adjacent to an activating group) is 1. The van der Waals surface area contributed by atoms with Crippen molar-refractivity contribution in [2.75, 3.05) is 13.1 Å². The topological polar surface area (TPSA) is 97.0 Å². The van der Waals surface area contributed by atoms with E-state index in [-0.39, 0.29) is 5.56 Å². The molecule has 0 amide bonds. The molecule has 214 valence electrons. The van der Waals surface area contributed by atoms with Gasteiger partial charge in [0.15, 0.2) is 5.82 Å². The van der Waals surface area contributed by atoms with E-state index < -0.39 is 5.76 Å². The van der Waals surface area contributed by atoms with E-state index in [1.165, 1.54) is 0 Å². The largest absolute Gasteiger partial charge is 0.439 e. The smallest absolute Gasteiger partial charge is 0.366 e. The van der Waals surface area contributed by atoms with Crippen molar-refractivity contribution in [3.63, 3.8) is 0 Å². The summed E-state index contributed by atoms with van der Waals surface area (Å²) in [6, 6.07) is 15.9. The van der Waals surface area contributed by atoms with Gasteiger partial charge >= 0.3 is 5.76 Å². The number of thiocarbonyl (C=S) groups is 1. The van der Waals surface area contributed by atoms with Crippen LogP contribution in [0.2, 0.25) is 0 Å². The minimum atomic E-state index is -0.590. The third kappa shape index (κ3) is 6.40. The number of aryl methyl sites for hydroxylation is 1. The number of unbranched alkanes of at least 4 members (excludes halogenated alkanes) is 1. The summed E-state index contributed by atoms with van der Waals surface area (Å²) >= 11 is 5.79. The van der Waals surface area contributed by atoms with Crippen LogP contribution in [-0.2, 0) is 19.4 Å². The van der Waals surface area contributed by atoms with Gasteiger partial charge in [0.25, 0.3) is 5.56 Å². The molecule has 2 aromatic carbocycles. The van der Waals surface area contributed by atoms with Gasteiger partial charge in [0, 0.05) is 43.0 Å². The standard InChI is InChI=1S/C32H37N5O3S/c1-4-7-12-27-33-29(23-17-18-23)26(19-28(41)36(5-2)6-3)31(38)37(27)20-21-13-15-22(16-14-21)24-10-8-9-11-25(24)30-34-32(39)40-35-30/h8-11,13-16,23H,4-7,12,17-20H2,1-3H3,(H,34,35,39). The van der Waals surface area contributed by atoms with Crippen LogP contribution < -0.4 is 11.3 Å². The van der Waals surface area contributed by atoms with Crippen LogP contribution >= 0.6 is 12.2 Å². The van der Waals surface area contributed by atoms with Gasteiger partial charge in [0.2, 0.25) is 0 Å². The lowest BCUT2D eigenvalue weighted by Crippen LogP contribution is -2.36. The highest BCUT2D eigenvalue weighted by molar-refractivity contribution is 7.80. The molecule has 41 heavy (non-hydrogen) atoms. The lowest BCUT2D eigenvalue weighted by molar-refractivity contribution is 0.388. The summed E-state index contributed by atoms with van der Waals surface area (Å²) in [6.45, 7) is 8.44. The van der Waals surface area contributed by atoms with Crippen molar-refractivity contribution in [2.45, 2.75) is 71.8 Å². The number of hydrogen-bond acceptors (Lipinski definition) is 6. The van der Waals surface area contributed by atoms with Crippen molar-refractivity contribution in [1.82, 2.24) is 24.6 Å². The van der Waals surface area contributed by atoms with Crippen molar-refractivity contribution in [2.24, 2.45) is 0 Å². The Morgan fingerprint density at radius 2 is 1.76 bits per heavy atom. The Bertz CT molecular complexity index is 1630. The van der Waals surface area contributed by atoms with E-state index in [2.05, 4.69) is 35.8 Å². The zero-order chi connectivity index (χ0) is 28.9. The first-order chi connectivity index (χ1) is 19.9. The molecule has 0 saturated heterocycles. The van der Waals surface area contributed by atoms with Crippen LogP contribution in [0.15, 0.2) is 62.6 Å². The Hall–Kier alpha value is -3.85. The Morgan fingerprint density at radius 1 is 1.05 bits per heavy atom. The quantitative estimate of drug-likeness (QED) is 0.217. The van der Waals surface area contributed by atoms with Crippen molar-refractivity contribution in [1.29, 1.82) is 0 Å². The van der Waals surface area contributed by atoms with Gasteiger partial charge in [-0.1, -0.05) is 79.3 Å². The van der Waals surface area contributed by atoms with Crippen LogP contribution in [-0.4, -0.2) is 42.7 Å². The normalized spacial score (nSPS) is 13.0. The Labute approximate surface area is 245 Å². The first kappa shape index (κ1) is 28.7. The fraction of sp³-hybridized carbons (Fsp3) is 0.406. The summed E-state index contributed by atoms with van der Waals surface area (Å²) < 4.78 is 6.59. The van der Waals surface area contributed by atoms with Gasteiger partial charge in [-0.3, -0.25) is 18.9 Å². The van der Waals surface area contributed by atoms with Crippen LogP contribution in [0.3, 0.4) is 0 Å². The van der Waals surface area contributed by atoms with E-state index in [0.29, 0.717) is 24.7 Å². The molecule has 0 unspecified atom stereocenters. The van der Waals surface area contributed by atoms with Crippen molar-refractivity contribution < 1.29 is 4.52 Å². The molecule has 0 radical (unpaired) electrons. The highest BCUT2D eigenvalue weighted by Crippen LogP contribution is 2.40. The average Bonchev–Trinajstić information content (AvgIpc) is 3.75. The predicted octanol–water partition coefficient (Wildman–Crippen LogP) is 5.73. The van der Waals surface area contributed by atoms with Crippen LogP contribution in [0.4, 0.5) is 0 Å². The zero-order valence-electron chi connectivity index (χ0n) is 24.0. The first-order valence-electron chi connectivity index (χ1n) is 14.6. The van der Waals surface area contributed by atoms with Crippen LogP contribution in [0.1, 0.15) is 75.0 Å². The highest BCUT2D eigenvalue weighted by atomic mass is 32.1. The van der Waals surface area contributed by atoms with Gasteiger partial charge in [-0.05, 0) is 49.8 Å². The zero-order valence-corrected chi connectivity index (χ0v) is 24.8. The molecule has 1 aliphatic rings. The SMILES string of the molecule is CCCCc1nc(C2CC2)c(CC(=S)N(CC)CC)c(=O)n1Cc1ccc(-c2ccccc2-c2noc(=O)[nH]2)cc1. The van der Waals surface area contributed by atoms with Crippen molar-refractivity contribution in [3.8, 4) is 22.5 Å². The highest BCUT2D eigenvalue weighted by Gasteiger charge is 2.31. The second kappa shape index (κ2) is 12.8. The number of nitrogens with zero attached hydrogens (tertiary/aromatic N) is 4. The average molecular weight is 572 g/mol. The molecule has 0 atom stereocenters. The summed E-state index contributed by atoms with van der Waals surface area (Å²) in [5, 5.41) is 3.86. The van der Waals surface area contributed by atoms with E-state index in [9.17, 15) is 9.59 Å². The molecule has 1 N–H and O–H groups in total. The van der Waals surface area contributed by atoms with Gasteiger partial charge in [0.1, 0.15) is 5.82 Å². The lowest BCUT2D eigenvalue weighted by Gasteiger charge is -2.23. The third-order valence-corrected chi connectivity index (χ3v) is 8.17. The van der Waals surface area contributed by atoms with Crippen LogP contribution in [0, 0.1) is 0 Å². The van der Waals surface area contributed by atoms with E-state index in [1.54, 1.807) is 0 Å². The summed E-state index contributed by atoms with van der Waals surface area (Å²) in [5.74, 6) is 1.03. The molecule has 1 fully saturated rings. The maximum absolute atomic E-state index is 14.1. The van der Waals surface area contributed by atoms with E-state index >= 15 is 0 Å². The Balaban J connectivity index is 1.49. The summed E-state index contributed by atoms with van der Waals surface area (Å²) in [7, 11) is 0. The molecule has 2 heterocycles. The first-order valence-corrected chi connectivity index (χ1v) is 15.0. The maximum atomic E-state index is 14.1. The van der Waals surface area contributed by atoms with Gasteiger partial charge in [-0.25, -0.2) is 9.78 Å². The molecule has 5 rings (SSSR count). The van der Waals surface area contributed by atoms with Gasteiger partial charge in [0.05, 0.1) is 17.2 Å². The van der Waals surface area contributed by atoms with Crippen LogP contribution in [0.25, 0.3) is 22.5 Å². The second-order valence-corrected chi connectivity index (χ2v) is 11.1. The number of benzene rings is 2. The molecule has 1 aliphatic carbocycles. The van der Waals surface area contributed by atoms with E-state index in [0.717, 1.165) is 89.5 Å². The summed E-state index contributed by atoms with van der Waals surface area (Å²) in [6.07, 6.45) is 5.41. The summed E-state index contributed by atoms with van der Waals surface area (Å²) in [5.41, 5.74) is 5.44. The fourth-order valence-corrected chi connectivity index (χ4v) is 5.71. The van der Waals surface area contributed by atoms with Crippen molar-refractivity contribution >= 4 is 17.2 Å². The number of nitrogens with one attached hydrogen (secondary N) is 1. The van der Waals surface area contributed by atoms with Crippen molar-refractivity contribution in [3.05, 3.63) is 92.1 Å². The van der Waals surface area contributed by atoms with Crippen LogP contribution in [0.5, 0.6) is 0 Å². The summed E-state index contributed by atoms with van der Waals surface area (Å²) in [4.78, 5) is 36.4. The lowest BCUT2D eigenvalue weighted by atomic mass is 9.98. The number of rotatable bonds is 12. The number of H-pyrrole nitrogens is 1. The monoisotopic (exact) mass is 571 g/mol. The van der Waals surface area contributed by atoms with Gasteiger partial charge in [-0.2, -0.15) is 0 Å². The Morgan fingerprint density at radius 3 is 2.37 bits per heavy atom. The van der Waals surface area contributed by atoms with E-state index in [1.807, 2.05) is 53.1 Å². The molecule has 9 heteroatoms.